The molecular formula is C24H26ClNO3. The molecule has 0 atom stereocenters. The van der Waals surface area contributed by atoms with E-state index < -0.39 is 0 Å². The van der Waals surface area contributed by atoms with Gasteiger partial charge in [-0.15, -0.1) is 0 Å². The number of hydrogen-bond acceptors (Lipinski definition) is 3. The van der Waals surface area contributed by atoms with Gasteiger partial charge in [0, 0.05) is 39.7 Å². The molecule has 0 aliphatic heterocycles. The molecule has 0 aliphatic rings. The predicted molar refractivity (Wildman–Crippen MR) is 120 cm³/mol. The Morgan fingerprint density at radius 2 is 1.97 bits per heavy atom. The SMILES string of the molecule is CCCNC(=O)/C=C(\C)c1cc2c(-c3ccc(Cl)cc3)coc2c(C)c1OCC. The van der Waals surface area contributed by atoms with Gasteiger partial charge in [0.2, 0.25) is 5.91 Å². The Kier molecular flexibility index (Phi) is 6.65. The molecule has 0 spiro atoms. The number of nitrogens with one attached hydrogen (secondary N) is 1. The molecule has 5 heteroatoms. The van der Waals surface area contributed by atoms with Crippen molar-refractivity contribution in [2.45, 2.75) is 34.1 Å². The number of halogens is 1. The summed E-state index contributed by atoms with van der Waals surface area (Å²) < 4.78 is 11.8. The lowest BCUT2D eigenvalue weighted by Gasteiger charge is -2.15. The Bertz CT molecular complexity index is 1050. The smallest absolute Gasteiger partial charge is 0.244 e. The fourth-order valence-electron chi connectivity index (χ4n) is 3.37. The lowest BCUT2D eigenvalue weighted by Crippen LogP contribution is -2.21. The summed E-state index contributed by atoms with van der Waals surface area (Å²) in [5.41, 5.74) is 5.43. The summed E-state index contributed by atoms with van der Waals surface area (Å²) in [6.45, 7) is 9.06. The van der Waals surface area contributed by atoms with Gasteiger partial charge < -0.3 is 14.5 Å². The van der Waals surface area contributed by atoms with Crippen LogP contribution in [0.25, 0.3) is 27.7 Å². The highest BCUT2D eigenvalue weighted by atomic mass is 35.5. The van der Waals surface area contributed by atoms with E-state index in [2.05, 4.69) is 5.32 Å². The van der Waals surface area contributed by atoms with Crippen molar-refractivity contribution >= 4 is 34.1 Å². The molecule has 0 aliphatic carbocycles. The van der Waals surface area contributed by atoms with Crippen molar-refractivity contribution in [3.05, 3.63) is 58.8 Å². The van der Waals surface area contributed by atoms with Gasteiger partial charge in [0.25, 0.3) is 0 Å². The molecule has 152 valence electrons. The Balaban J connectivity index is 2.15. The van der Waals surface area contributed by atoms with Crippen LogP contribution in [-0.4, -0.2) is 19.1 Å². The molecule has 1 amide bonds. The van der Waals surface area contributed by atoms with Crippen LogP contribution in [0.5, 0.6) is 5.75 Å². The zero-order valence-electron chi connectivity index (χ0n) is 17.3. The Hall–Kier alpha value is -2.72. The third-order valence-corrected chi connectivity index (χ3v) is 5.06. The number of amides is 1. The quantitative estimate of drug-likeness (QED) is 0.458. The van der Waals surface area contributed by atoms with Crippen molar-refractivity contribution in [1.82, 2.24) is 5.32 Å². The largest absolute Gasteiger partial charge is 0.493 e. The van der Waals surface area contributed by atoms with E-state index in [0.717, 1.165) is 51.0 Å². The minimum absolute atomic E-state index is 0.102. The maximum Gasteiger partial charge on any atom is 0.244 e. The van der Waals surface area contributed by atoms with Gasteiger partial charge in [-0.05, 0) is 56.5 Å². The maximum atomic E-state index is 12.2. The highest BCUT2D eigenvalue weighted by Crippen LogP contribution is 2.40. The van der Waals surface area contributed by atoms with E-state index in [0.29, 0.717) is 18.2 Å². The molecule has 0 saturated heterocycles. The average molecular weight is 412 g/mol. The van der Waals surface area contributed by atoms with E-state index in [-0.39, 0.29) is 5.91 Å². The van der Waals surface area contributed by atoms with Gasteiger partial charge in [0.15, 0.2) is 0 Å². The first-order valence-corrected chi connectivity index (χ1v) is 10.2. The zero-order valence-corrected chi connectivity index (χ0v) is 18.0. The van der Waals surface area contributed by atoms with Gasteiger partial charge >= 0.3 is 0 Å². The van der Waals surface area contributed by atoms with Gasteiger partial charge in [0.1, 0.15) is 11.3 Å². The number of carbonyl (C=O) groups excluding carboxylic acids is 1. The average Bonchev–Trinajstić information content (AvgIpc) is 3.13. The molecule has 4 nitrogen and oxygen atoms in total. The second-order valence-corrected chi connectivity index (χ2v) is 7.40. The third-order valence-electron chi connectivity index (χ3n) is 4.81. The molecule has 2 aromatic carbocycles. The molecule has 0 bridgehead atoms. The van der Waals surface area contributed by atoms with Crippen LogP contribution >= 0.6 is 11.6 Å². The van der Waals surface area contributed by atoms with Crippen LogP contribution in [0.15, 0.2) is 47.1 Å². The van der Waals surface area contributed by atoms with Crippen LogP contribution in [0.2, 0.25) is 5.02 Å². The molecule has 0 unspecified atom stereocenters. The zero-order chi connectivity index (χ0) is 21.0. The molecular weight excluding hydrogens is 386 g/mol. The summed E-state index contributed by atoms with van der Waals surface area (Å²) >= 11 is 6.04. The van der Waals surface area contributed by atoms with Crippen molar-refractivity contribution in [2.24, 2.45) is 0 Å². The van der Waals surface area contributed by atoms with Gasteiger partial charge in [0.05, 0.1) is 12.9 Å². The number of rotatable bonds is 7. The van der Waals surface area contributed by atoms with Crippen LogP contribution < -0.4 is 10.1 Å². The fraction of sp³-hybridized carbons (Fsp3) is 0.292. The summed E-state index contributed by atoms with van der Waals surface area (Å²) in [5.74, 6) is 0.642. The third kappa shape index (κ3) is 4.48. The first kappa shape index (κ1) is 21.0. The van der Waals surface area contributed by atoms with Crippen LogP contribution in [0.3, 0.4) is 0 Å². The number of ether oxygens (including phenoxy) is 1. The Labute approximate surface area is 176 Å². The number of allylic oxidation sites excluding steroid dienone is 1. The summed E-state index contributed by atoms with van der Waals surface area (Å²) in [6, 6.07) is 9.71. The van der Waals surface area contributed by atoms with Crippen molar-refractivity contribution in [3.8, 4) is 16.9 Å². The summed E-state index contributed by atoms with van der Waals surface area (Å²) in [7, 11) is 0. The van der Waals surface area contributed by atoms with Crippen LogP contribution in [0.4, 0.5) is 0 Å². The summed E-state index contributed by atoms with van der Waals surface area (Å²) in [4.78, 5) is 12.2. The second-order valence-electron chi connectivity index (χ2n) is 6.96. The highest BCUT2D eigenvalue weighted by molar-refractivity contribution is 6.30. The molecule has 3 aromatic rings. The van der Waals surface area contributed by atoms with Crippen LogP contribution in [-0.2, 0) is 4.79 Å². The predicted octanol–water partition coefficient (Wildman–Crippen LogP) is 6.39. The molecule has 0 fully saturated rings. The number of hydrogen-bond donors (Lipinski definition) is 1. The lowest BCUT2D eigenvalue weighted by molar-refractivity contribution is -0.116. The summed E-state index contributed by atoms with van der Waals surface area (Å²) in [5, 5.41) is 4.55. The Morgan fingerprint density at radius 1 is 1.24 bits per heavy atom. The van der Waals surface area contributed by atoms with E-state index in [1.807, 2.05) is 58.0 Å². The first-order valence-electron chi connectivity index (χ1n) is 9.86. The van der Waals surface area contributed by atoms with E-state index in [9.17, 15) is 4.79 Å². The molecule has 1 N–H and O–H groups in total. The van der Waals surface area contributed by atoms with E-state index in [4.69, 9.17) is 20.8 Å². The van der Waals surface area contributed by atoms with Gasteiger partial charge in [-0.2, -0.15) is 0 Å². The minimum atomic E-state index is -0.102. The summed E-state index contributed by atoms with van der Waals surface area (Å²) in [6.07, 6.45) is 4.28. The standard InChI is InChI=1S/C24H26ClNO3/c1-5-11-26-22(27)12-15(3)19-13-20-21(17-7-9-18(25)10-8-17)14-29-24(20)16(4)23(19)28-6-2/h7-10,12-14H,5-6,11H2,1-4H3,(H,26,27)/b15-12+. The highest BCUT2D eigenvalue weighted by Gasteiger charge is 2.19. The first-order chi connectivity index (χ1) is 14.0. The molecule has 1 heterocycles. The minimum Gasteiger partial charge on any atom is -0.493 e. The van der Waals surface area contributed by atoms with Crippen molar-refractivity contribution in [1.29, 1.82) is 0 Å². The monoisotopic (exact) mass is 411 g/mol. The molecule has 0 radical (unpaired) electrons. The van der Waals surface area contributed by atoms with E-state index >= 15 is 0 Å². The molecule has 29 heavy (non-hydrogen) atoms. The van der Waals surface area contributed by atoms with Gasteiger partial charge in [-0.1, -0.05) is 30.7 Å². The number of fused-ring (bicyclic) bond motifs is 1. The van der Waals surface area contributed by atoms with Crippen molar-refractivity contribution < 1.29 is 13.9 Å². The van der Waals surface area contributed by atoms with Gasteiger partial charge in [-0.3, -0.25) is 4.79 Å². The Morgan fingerprint density at radius 3 is 2.62 bits per heavy atom. The molecule has 3 rings (SSSR count). The molecule has 1 aromatic heterocycles. The van der Waals surface area contributed by atoms with Crippen molar-refractivity contribution in [3.63, 3.8) is 0 Å². The van der Waals surface area contributed by atoms with Crippen molar-refractivity contribution in [2.75, 3.05) is 13.2 Å². The lowest BCUT2D eigenvalue weighted by atomic mass is 9.96. The number of benzene rings is 2. The topological polar surface area (TPSA) is 51.5 Å². The van der Waals surface area contributed by atoms with E-state index in [1.165, 1.54) is 0 Å². The van der Waals surface area contributed by atoms with E-state index in [1.54, 1.807) is 12.3 Å². The number of furan rings is 1. The molecule has 0 saturated carbocycles. The maximum absolute atomic E-state index is 12.2. The fourth-order valence-corrected chi connectivity index (χ4v) is 3.49. The normalized spacial score (nSPS) is 11.7. The van der Waals surface area contributed by atoms with Crippen LogP contribution in [0.1, 0.15) is 38.3 Å². The number of aryl methyl sites for hydroxylation is 1. The van der Waals surface area contributed by atoms with Crippen LogP contribution in [0, 0.1) is 6.92 Å². The number of carbonyl (C=O) groups is 1. The second kappa shape index (κ2) is 9.19. The van der Waals surface area contributed by atoms with Gasteiger partial charge in [-0.25, -0.2) is 0 Å².